The maximum absolute atomic E-state index is 10.5. The highest BCUT2D eigenvalue weighted by Crippen LogP contribution is 2.03. The first kappa shape index (κ1) is 11.5. The third kappa shape index (κ3) is 5.21. The molecule has 0 unspecified atom stereocenters. The van der Waals surface area contributed by atoms with Crippen molar-refractivity contribution in [2.75, 3.05) is 13.7 Å². The Kier molecular flexibility index (Phi) is 5.84. The van der Waals surface area contributed by atoms with Crippen molar-refractivity contribution < 1.29 is 14.4 Å². The number of alkyl halides is 2. The Labute approximate surface area is 80.4 Å². The lowest BCUT2D eigenvalue weighted by Gasteiger charge is -2.00. The molecule has 4 nitrogen and oxygen atoms in total. The Morgan fingerprint density at radius 2 is 2.17 bits per heavy atom. The van der Waals surface area contributed by atoms with Crippen LogP contribution in [0.15, 0.2) is 5.16 Å². The normalized spacial score (nSPS) is 11.6. The molecular weight excluding hydrogens is 205 g/mol. The van der Waals surface area contributed by atoms with Gasteiger partial charge in [-0.3, -0.25) is 0 Å². The molecule has 70 valence electrons. The molecule has 0 bridgehead atoms. The highest BCUT2D eigenvalue weighted by molar-refractivity contribution is 6.54. The van der Waals surface area contributed by atoms with E-state index in [4.69, 9.17) is 23.2 Å². The summed E-state index contributed by atoms with van der Waals surface area (Å²) in [7, 11) is 1.26. The highest BCUT2D eigenvalue weighted by atomic mass is 35.5. The topological polar surface area (TPSA) is 47.9 Å². The number of halogens is 2. The van der Waals surface area contributed by atoms with E-state index in [1.165, 1.54) is 7.11 Å². The summed E-state index contributed by atoms with van der Waals surface area (Å²) in [6, 6.07) is 0. The predicted molar refractivity (Wildman–Crippen MR) is 46.6 cm³/mol. The molecule has 0 aliphatic rings. The van der Waals surface area contributed by atoms with Crippen molar-refractivity contribution in [3.63, 3.8) is 0 Å². The first-order valence-corrected chi connectivity index (χ1v) is 3.96. The zero-order chi connectivity index (χ0) is 9.56. The molecule has 0 saturated heterocycles. The molecule has 0 N–H and O–H groups in total. The number of hydrogen-bond acceptors (Lipinski definition) is 4. The van der Waals surface area contributed by atoms with Crippen LogP contribution in [0.2, 0.25) is 0 Å². The quantitative estimate of drug-likeness (QED) is 0.307. The van der Waals surface area contributed by atoms with E-state index in [2.05, 4.69) is 14.7 Å². The Balaban J connectivity index is 3.67. The smallest absolute Gasteiger partial charge is 0.346 e. The lowest BCUT2D eigenvalue weighted by molar-refractivity contribution is -0.145. The molecule has 0 amide bonds. The van der Waals surface area contributed by atoms with Crippen LogP contribution in [-0.4, -0.2) is 30.2 Å². The minimum absolute atomic E-state index is 0.242. The van der Waals surface area contributed by atoms with Gasteiger partial charge < -0.3 is 9.57 Å². The van der Waals surface area contributed by atoms with Crippen LogP contribution in [0.5, 0.6) is 0 Å². The molecule has 0 radical (unpaired) electrons. The van der Waals surface area contributed by atoms with Crippen LogP contribution in [0.25, 0.3) is 0 Å². The van der Waals surface area contributed by atoms with Crippen molar-refractivity contribution in [3.8, 4) is 0 Å². The van der Waals surface area contributed by atoms with E-state index < -0.39 is 10.8 Å². The van der Waals surface area contributed by atoms with Gasteiger partial charge in [-0.05, 0) is 6.92 Å². The molecule has 0 saturated carbocycles. The largest absolute Gasteiger partial charge is 0.466 e. The molecule has 0 heterocycles. The van der Waals surface area contributed by atoms with Gasteiger partial charge in [-0.1, -0.05) is 28.4 Å². The molecule has 0 spiro atoms. The number of carbonyl (C=O) groups is 1. The van der Waals surface area contributed by atoms with E-state index in [0.717, 1.165) is 0 Å². The number of oxime groups is 1. The average Bonchev–Trinajstić information content (AvgIpc) is 2.03. The number of nitrogens with zero attached hydrogens (tertiary/aromatic N) is 1. The SMILES string of the molecule is COC(=O)CON=C(C)C(Cl)Cl. The van der Waals surface area contributed by atoms with Crippen molar-refractivity contribution in [1.82, 2.24) is 0 Å². The second kappa shape index (κ2) is 6.08. The average molecular weight is 214 g/mol. The maximum atomic E-state index is 10.5. The van der Waals surface area contributed by atoms with E-state index in [0.29, 0.717) is 5.71 Å². The van der Waals surface area contributed by atoms with Crippen LogP contribution in [0.1, 0.15) is 6.92 Å². The predicted octanol–water partition coefficient (Wildman–Crippen LogP) is 1.36. The summed E-state index contributed by atoms with van der Waals surface area (Å²) in [6.45, 7) is 1.34. The third-order valence-corrected chi connectivity index (χ3v) is 1.57. The Morgan fingerprint density at radius 3 is 2.58 bits per heavy atom. The van der Waals surface area contributed by atoms with E-state index in [9.17, 15) is 4.79 Å². The number of hydrogen-bond donors (Lipinski definition) is 0. The summed E-state index contributed by atoms with van der Waals surface area (Å²) < 4.78 is 4.29. The fourth-order valence-electron chi connectivity index (χ4n) is 0.286. The first-order chi connectivity index (χ1) is 5.57. The van der Waals surface area contributed by atoms with Gasteiger partial charge in [0.25, 0.3) is 0 Å². The fraction of sp³-hybridized carbons (Fsp3) is 0.667. The maximum Gasteiger partial charge on any atom is 0.346 e. The van der Waals surface area contributed by atoms with E-state index >= 15 is 0 Å². The summed E-state index contributed by atoms with van der Waals surface area (Å²) >= 11 is 10.8. The van der Waals surface area contributed by atoms with Crippen molar-refractivity contribution in [2.45, 2.75) is 11.8 Å². The van der Waals surface area contributed by atoms with Crippen molar-refractivity contribution in [3.05, 3.63) is 0 Å². The monoisotopic (exact) mass is 213 g/mol. The van der Waals surface area contributed by atoms with E-state index in [1.54, 1.807) is 6.92 Å². The number of carbonyl (C=O) groups excluding carboxylic acids is 1. The molecule has 0 atom stereocenters. The molecule has 0 aromatic heterocycles. The zero-order valence-corrected chi connectivity index (χ0v) is 8.22. The number of rotatable bonds is 4. The summed E-state index contributed by atoms with van der Waals surface area (Å²) in [5, 5.41) is 3.46. The molecule has 0 aromatic carbocycles. The standard InChI is InChI=1S/C6H9Cl2NO3/c1-4(6(7)8)9-12-3-5(10)11-2/h6H,3H2,1-2H3. The minimum Gasteiger partial charge on any atom is -0.466 e. The van der Waals surface area contributed by atoms with Gasteiger partial charge in [-0.2, -0.15) is 0 Å². The molecule has 0 aliphatic carbocycles. The van der Waals surface area contributed by atoms with Gasteiger partial charge in [0.2, 0.25) is 6.61 Å². The van der Waals surface area contributed by atoms with Crippen LogP contribution in [0.3, 0.4) is 0 Å². The minimum atomic E-state index is -0.720. The van der Waals surface area contributed by atoms with Crippen molar-refractivity contribution >= 4 is 34.9 Å². The number of ether oxygens (including phenoxy) is 1. The zero-order valence-electron chi connectivity index (χ0n) is 6.71. The van der Waals surface area contributed by atoms with Gasteiger partial charge >= 0.3 is 5.97 Å². The van der Waals surface area contributed by atoms with Gasteiger partial charge in [0, 0.05) is 0 Å². The number of esters is 1. The van der Waals surface area contributed by atoms with Gasteiger partial charge in [-0.25, -0.2) is 4.79 Å². The Morgan fingerprint density at radius 1 is 1.58 bits per heavy atom. The van der Waals surface area contributed by atoms with Crippen molar-refractivity contribution in [1.29, 1.82) is 0 Å². The van der Waals surface area contributed by atoms with Gasteiger partial charge in [0.05, 0.1) is 12.8 Å². The Bertz CT molecular complexity index is 182. The molecule has 0 aromatic rings. The summed E-state index contributed by atoms with van der Waals surface area (Å²) in [4.78, 5) is 14.3. The van der Waals surface area contributed by atoms with Crippen molar-refractivity contribution in [2.24, 2.45) is 5.16 Å². The molecule has 0 fully saturated rings. The molecule has 0 rings (SSSR count). The van der Waals surface area contributed by atoms with Gasteiger partial charge in [-0.15, -0.1) is 0 Å². The number of methoxy groups -OCH3 is 1. The second-order valence-corrected chi connectivity index (χ2v) is 2.98. The first-order valence-electron chi connectivity index (χ1n) is 3.09. The fourth-order valence-corrected chi connectivity index (χ4v) is 0.365. The van der Waals surface area contributed by atoms with Gasteiger partial charge in [0.15, 0.2) is 0 Å². The van der Waals surface area contributed by atoms with E-state index in [1.807, 2.05) is 0 Å². The lowest BCUT2D eigenvalue weighted by Crippen LogP contribution is -2.10. The van der Waals surface area contributed by atoms with E-state index in [-0.39, 0.29) is 6.61 Å². The highest BCUT2D eigenvalue weighted by Gasteiger charge is 2.04. The summed E-state index contributed by atoms with van der Waals surface area (Å²) in [5.74, 6) is -0.507. The Hall–Kier alpha value is -0.480. The molecule has 6 heteroatoms. The van der Waals surface area contributed by atoms with Gasteiger partial charge in [0.1, 0.15) is 4.84 Å². The molecular formula is C6H9Cl2NO3. The summed E-state index contributed by atoms with van der Waals surface area (Å²) in [5.41, 5.74) is 0.391. The van der Waals surface area contributed by atoms with Crippen LogP contribution < -0.4 is 0 Å². The molecule has 12 heavy (non-hydrogen) atoms. The second-order valence-electron chi connectivity index (χ2n) is 1.88. The van der Waals surface area contributed by atoms with Crippen LogP contribution in [-0.2, 0) is 14.4 Å². The third-order valence-electron chi connectivity index (χ3n) is 0.934. The lowest BCUT2D eigenvalue weighted by atomic mass is 10.5. The van der Waals surface area contributed by atoms with Crippen LogP contribution in [0, 0.1) is 0 Å². The molecule has 0 aliphatic heterocycles. The van der Waals surface area contributed by atoms with Crippen LogP contribution >= 0.6 is 23.2 Å². The summed E-state index contributed by atoms with van der Waals surface area (Å²) in [6.07, 6.45) is 0. The van der Waals surface area contributed by atoms with Crippen LogP contribution in [0.4, 0.5) is 0 Å².